The van der Waals surface area contributed by atoms with Gasteiger partial charge in [0, 0.05) is 0 Å². The Labute approximate surface area is 232 Å². The van der Waals surface area contributed by atoms with Crippen molar-refractivity contribution in [3.05, 3.63) is 126 Å². The standard InChI is InChI=1S/C21H25.C7H7.C5H5.CH2.2ClH.Zr/c1-20(2,3)16-9-7-14-11-15-8-10-17(21(4,5)6)13-19(15)18(14)12-16;1-7-5-3-2-4-6-7;1-2-4-5-3-1;;;;/h7-13H,1-6H3;2-6H,1H2;1-5H;1H2;2*1H;/q;;;;;;+2/p-2. The van der Waals surface area contributed by atoms with Crippen LogP contribution in [0.25, 0.3) is 11.1 Å². The predicted octanol–water partition coefficient (Wildman–Crippen LogP) is 10.6. The zero-order chi connectivity index (χ0) is 27.2. The van der Waals surface area contributed by atoms with Crippen molar-refractivity contribution in [3.8, 4) is 11.1 Å². The Kier molecular flexibility index (Phi) is 7.62. The van der Waals surface area contributed by atoms with Gasteiger partial charge >= 0.3 is 191 Å². The van der Waals surface area contributed by atoms with E-state index in [9.17, 15) is 0 Å². The summed E-state index contributed by atoms with van der Waals surface area (Å²) < 4.78 is 4.67. The molecule has 0 heterocycles. The first kappa shape index (κ1) is 28.5. The van der Waals surface area contributed by atoms with Crippen molar-refractivity contribution in [2.24, 2.45) is 0 Å². The molecule has 2 aliphatic rings. The molecule has 0 N–H and O–H groups in total. The minimum Gasteiger partial charge on any atom is -0.0622 e. The van der Waals surface area contributed by atoms with Gasteiger partial charge in [0.2, 0.25) is 0 Å². The third-order valence-electron chi connectivity index (χ3n) is 7.61. The van der Waals surface area contributed by atoms with Crippen molar-refractivity contribution in [3.63, 3.8) is 0 Å². The van der Waals surface area contributed by atoms with Gasteiger partial charge < -0.3 is 0 Å². The van der Waals surface area contributed by atoms with Gasteiger partial charge in [-0.3, -0.25) is 0 Å². The minimum absolute atomic E-state index is 0.0137. The van der Waals surface area contributed by atoms with E-state index in [1.807, 2.05) is 30.3 Å². The molecule has 0 nitrogen and oxygen atoms in total. The van der Waals surface area contributed by atoms with Crippen LogP contribution in [-0.2, 0) is 26.7 Å². The molecule has 0 fully saturated rings. The normalized spacial score (nSPS) is 15.8. The number of halogens is 2. The Morgan fingerprint density at radius 2 is 1.11 bits per heavy atom. The van der Waals surface area contributed by atoms with Gasteiger partial charge in [0.25, 0.3) is 0 Å². The summed E-state index contributed by atoms with van der Waals surface area (Å²) in [7, 11) is 15.0. The number of benzene rings is 3. The van der Waals surface area contributed by atoms with Crippen molar-refractivity contribution in [2.45, 2.75) is 59.6 Å². The van der Waals surface area contributed by atoms with Crippen LogP contribution in [0.15, 0.2) is 91.0 Å². The fourth-order valence-electron chi connectivity index (χ4n) is 5.31. The number of allylic oxidation sites excluding steroid dienone is 4. The van der Waals surface area contributed by atoms with Crippen LogP contribution in [0.3, 0.4) is 0 Å². The van der Waals surface area contributed by atoms with E-state index in [2.05, 4.69) is 113 Å². The molecular formula is C34H39Cl2Zr. The topological polar surface area (TPSA) is 0 Å². The second-order valence-electron chi connectivity index (χ2n) is 12.7. The molecular weight excluding hydrogens is 571 g/mol. The quantitative estimate of drug-likeness (QED) is 0.271. The SMILES string of the molecule is [CH2]=[Zr]([Cl])([Cl])([CH]1C=CC=C1)[CH]1c2ccc(C(C)(C)C)cc2-c2cc(C(C)(C)C)ccc21.[CH2]c1ccccc1. The molecule has 0 bridgehead atoms. The second kappa shape index (κ2) is 9.90. The van der Waals surface area contributed by atoms with Crippen molar-refractivity contribution in [2.75, 3.05) is 0 Å². The van der Waals surface area contributed by atoms with Gasteiger partial charge in [-0.05, 0) is 12.5 Å². The molecule has 0 saturated heterocycles. The molecule has 0 amide bonds. The first-order valence-electron chi connectivity index (χ1n) is 13.0. The molecule has 0 spiro atoms. The molecule has 3 heteroatoms. The molecule has 2 aliphatic carbocycles. The van der Waals surface area contributed by atoms with Gasteiger partial charge in [-0.25, -0.2) is 0 Å². The average Bonchev–Trinajstić information content (AvgIpc) is 3.46. The fourth-order valence-corrected chi connectivity index (χ4v) is 17.6. The number of hydrogen-bond donors (Lipinski definition) is 0. The number of fused-ring (bicyclic) bond motifs is 3. The second-order valence-corrected chi connectivity index (χ2v) is 34.1. The summed E-state index contributed by atoms with van der Waals surface area (Å²) in [6.07, 6.45) is 8.39. The van der Waals surface area contributed by atoms with Gasteiger partial charge in [0.05, 0.1) is 0 Å². The molecule has 3 aromatic carbocycles. The summed E-state index contributed by atoms with van der Waals surface area (Å²) in [5, 5.41) is 0. The summed E-state index contributed by atoms with van der Waals surface area (Å²) in [5.41, 5.74) is 8.96. The zero-order valence-electron chi connectivity index (χ0n) is 23.0. The van der Waals surface area contributed by atoms with Gasteiger partial charge in [-0.15, -0.1) is 0 Å². The van der Waals surface area contributed by atoms with Crippen molar-refractivity contribution < 1.29 is 15.9 Å². The van der Waals surface area contributed by atoms with E-state index in [1.165, 1.54) is 33.4 Å². The van der Waals surface area contributed by atoms with E-state index >= 15 is 0 Å². The van der Waals surface area contributed by atoms with E-state index in [4.69, 9.17) is 17.0 Å². The van der Waals surface area contributed by atoms with Crippen LogP contribution in [0.1, 0.15) is 73.0 Å². The molecule has 0 saturated carbocycles. The molecule has 0 aromatic heterocycles. The number of hydrogen-bond acceptors (Lipinski definition) is 0. The predicted molar refractivity (Wildman–Crippen MR) is 163 cm³/mol. The Bertz CT molecular complexity index is 1350. The molecule has 37 heavy (non-hydrogen) atoms. The zero-order valence-corrected chi connectivity index (χ0v) is 27.0. The molecule has 0 unspecified atom stereocenters. The van der Waals surface area contributed by atoms with Gasteiger partial charge in [-0.2, -0.15) is 0 Å². The van der Waals surface area contributed by atoms with Crippen molar-refractivity contribution in [1.82, 2.24) is 0 Å². The van der Waals surface area contributed by atoms with Gasteiger partial charge in [0.1, 0.15) is 0 Å². The van der Waals surface area contributed by atoms with Crippen LogP contribution < -0.4 is 0 Å². The molecule has 193 valence electrons. The van der Waals surface area contributed by atoms with Crippen LogP contribution in [0.5, 0.6) is 0 Å². The van der Waals surface area contributed by atoms with E-state index in [0.717, 1.165) is 5.56 Å². The van der Waals surface area contributed by atoms with Gasteiger partial charge in [0.15, 0.2) is 0 Å². The van der Waals surface area contributed by atoms with E-state index in [-0.39, 0.29) is 18.1 Å². The summed E-state index contributed by atoms with van der Waals surface area (Å²) in [4.78, 5) is 0. The maximum atomic E-state index is 7.48. The summed E-state index contributed by atoms with van der Waals surface area (Å²) in [5.74, 6) is 0. The smallest absolute Gasteiger partial charge is 0.0238 e. The molecule has 3 aromatic rings. The summed E-state index contributed by atoms with van der Waals surface area (Å²) >= 11 is -4.52. The first-order valence-corrected chi connectivity index (χ1v) is 23.9. The maximum absolute atomic E-state index is 7.48. The van der Waals surface area contributed by atoms with Crippen LogP contribution in [0.4, 0.5) is 0 Å². The largest absolute Gasteiger partial charge is 0.0622 e. The Balaban J connectivity index is 0.000000396. The summed E-state index contributed by atoms with van der Waals surface area (Å²) in [6.45, 7) is 17.3. The Morgan fingerprint density at radius 3 is 1.46 bits per heavy atom. The van der Waals surface area contributed by atoms with Crippen LogP contribution in [0.2, 0.25) is 3.63 Å². The minimum atomic E-state index is -4.52. The van der Waals surface area contributed by atoms with Crippen molar-refractivity contribution in [1.29, 1.82) is 0 Å². The average molecular weight is 610 g/mol. The van der Waals surface area contributed by atoms with Crippen LogP contribution in [-0.4, -0.2) is 4.21 Å². The van der Waals surface area contributed by atoms with Gasteiger partial charge in [-0.1, -0.05) is 30.3 Å². The fraction of sp³-hybridized carbons (Fsp3) is 0.294. The Morgan fingerprint density at radius 1 is 0.676 bits per heavy atom. The molecule has 5 rings (SSSR count). The third-order valence-corrected chi connectivity index (χ3v) is 21.9. The van der Waals surface area contributed by atoms with Crippen LogP contribution >= 0.6 is 17.0 Å². The molecule has 1 radical (unpaired) electrons. The Hall–Kier alpha value is -1.53. The summed E-state index contributed by atoms with van der Waals surface area (Å²) in [6, 6.07) is 23.6. The monoisotopic (exact) mass is 607 g/mol. The molecule has 0 aliphatic heterocycles. The first-order chi connectivity index (χ1) is 17.1. The van der Waals surface area contributed by atoms with E-state index < -0.39 is 15.9 Å². The number of rotatable bonds is 2. The molecule has 0 atom stereocenters. The van der Waals surface area contributed by atoms with Crippen LogP contribution in [0, 0.1) is 6.92 Å². The van der Waals surface area contributed by atoms with E-state index in [0.29, 0.717) is 0 Å². The van der Waals surface area contributed by atoms with E-state index in [1.54, 1.807) is 0 Å². The maximum Gasteiger partial charge on any atom is -0.0238 e. The third kappa shape index (κ3) is 5.76. The van der Waals surface area contributed by atoms with Crippen molar-refractivity contribution >= 4 is 21.2 Å².